The number of rotatable bonds is 4. The Morgan fingerprint density at radius 3 is 2.60 bits per heavy atom. The minimum Gasteiger partial charge on any atom is -0.308 e. The molecular formula is C14H20N4S2. The fourth-order valence-corrected chi connectivity index (χ4v) is 3.18. The lowest BCUT2D eigenvalue weighted by atomic mass is 10.1. The minimum absolute atomic E-state index is 0.116. The van der Waals surface area contributed by atoms with Gasteiger partial charge < -0.3 is 5.32 Å². The van der Waals surface area contributed by atoms with Crippen molar-refractivity contribution in [1.82, 2.24) is 19.7 Å². The summed E-state index contributed by atoms with van der Waals surface area (Å²) in [5.74, 6) is 0.821. The molecule has 0 saturated heterocycles. The number of nitrogens with one attached hydrogen (secondary N) is 1. The summed E-state index contributed by atoms with van der Waals surface area (Å²) in [6.07, 6.45) is 1.93. The van der Waals surface area contributed by atoms with E-state index in [4.69, 9.17) is 0 Å². The van der Waals surface area contributed by atoms with Crippen LogP contribution in [0.25, 0.3) is 0 Å². The van der Waals surface area contributed by atoms with Crippen LogP contribution in [0.15, 0.2) is 21.6 Å². The third-order valence-corrected chi connectivity index (χ3v) is 4.57. The van der Waals surface area contributed by atoms with Crippen LogP contribution in [0.5, 0.6) is 0 Å². The van der Waals surface area contributed by atoms with Gasteiger partial charge in [0, 0.05) is 18.3 Å². The summed E-state index contributed by atoms with van der Waals surface area (Å²) in [5.41, 5.74) is 2.50. The normalized spacial score (nSPS) is 11.8. The second-order valence-electron chi connectivity index (χ2n) is 5.78. The molecule has 2 rings (SSSR count). The lowest BCUT2D eigenvalue weighted by molar-refractivity contribution is 0.424. The topological polar surface area (TPSA) is 50.7 Å². The summed E-state index contributed by atoms with van der Waals surface area (Å²) in [4.78, 5) is 8.90. The Morgan fingerprint density at radius 1 is 1.30 bits per heavy atom. The molecule has 0 aromatic carbocycles. The molecule has 4 nitrogen and oxygen atoms in total. The van der Waals surface area contributed by atoms with E-state index >= 15 is 0 Å². The number of aryl methyl sites for hydroxylation is 2. The first kappa shape index (κ1) is 15.4. The van der Waals surface area contributed by atoms with Gasteiger partial charge >= 0.3 is 0 Å². The van der Waals surface area contributed by atoms with Crippen molar-refractivity contribution in [3.05, 3.63) is 29.2 Å². The molecule has 2 aromatic heterocycles. The maximum absolute atomic E-state index is 4.55. The van der Waals surface area contributed by atoms with Crippen molar-refractivity contribution in [2.75, 3.05) is 0 Å². The van der Waals surface area contributed by atoms with Crippen LogP contribution in [0.1, 0.15) is 37.7 Å². The van der Waals surface area contributed by atoms with Crippen molar-refractivity contribution in [2.45, 2.75) is 56.1 Å². The van der Waals surface area contributed by atoms with Crippen molar-refractivity contribution in [3.63, 3.8) is 0 Å². The Kier molecular flexibility index (Phi) is 4.78. The van der Waals surface area contributed by atoms with Crippen LogP contribution in [0, 0.1) is 13.8 Å². The molecule has 0 saturated carbocycles. The number of nitrogens with zero attached hydrogens (tertiary/aromatic N) is 3. The molecule has 20 heavy (non-hydrogen) atoms. The van der Waals surface area contributed by atoms with Gasteiger partial charge in [0.05, 0.1) is 0 Å². The summed E-state index contributed by atoms with van der Waals surface area (Å²) in [6.45, 7) is 11.3. The second kappa shape index (κ2) is 6.20. The Hall–Kier alpha value is -0.980. The Morgan fingerprint density at radius 2 is 2.05 bits per heavy atom. The van der Waals surface area contributed by atoms with Crippen LogP contribution in [0.3, 0.4) is 0 Å². The third-order valence-electron chi connectivity index (χ3n) is 2.60. The van der Waals surface area contributed by atoms with E-state index in [2.05, 4.69) is 53.4 Å². The molecule has 108 valence electrons. The van der Waals surface area contributed by atoms with E-state index in [0.29, 0.717) is 0 Å². The average Bonchev–Trinajstić information content (AvgIpc) is 2.74. The fraction of sp³-hybridized carbons (Fsp3) is 0.500. The summed E-state index contributed by atoms with van der Waals surface area (Å²) in [6, 6.07) is 2.18. The van der Waals surface area contributed by atoms with E-state index in [1.165, 1.54) is 22.7 Å². The predicted molar refractivity (Wildman–Crippen MR) is 84.3 cm³/mol. The highest BCUT2D eigenvalue weighted by atomic mass is 32.2. The maximum Gasteiger partial charge on any atom is 0.176 e. The van der Waals surface area contributed by atoms with E-state index in [1.54, 1.807) is 11.8 Å². The van der Waals surface area contributed by atoms with Crippen molar-refractivity contribution >= 4 is 23.3 Å². The summed E-state index contributed by atoms with van der Waals surface area (Å²) in [5, 5.41) is 4.47. The zero-order valence-corrected chi connectivity index (χ0v) is 14.2. The highest BCUT2D eigenvalue weighted by Gasteiger charge is 2.11. The van der Waals surface area contributed by atoms with Gasteiger partial charge in [0.2, 0.25) is 0 Å². The smallest absolute Gasteiger partial charge is 0.176 e. The van der Waals surface area contributed by atoms with Crippen molar-refractivity contribution in [2.24, 2.45) is 0 Å². The molecule has 1 N–H and O–H groups in total. The number of hydrogen-bond acceptors (Lipinski definition) is 6. The van der Waals surface area contributed by atoms with E-state index < -0.39 is 0 Å². The van der Waals surface area contributed by atoms with Crippen LogP contribution in [-0.2, 0) is 6.54 Å². The van der Waals surface area contributed by atoms with Crippen molar-refractivity contribution in [3.8, 4) is 0 Å². The molecule has 0 unspecified atom stereocenters. The van der Waals surface area contributed by atoms with E-state index in [0.717, 1.165) is 21.7 Å². The zero-order chi connectivity index (χ0) is 14.8. The Labute approximate surface area is 128 Å². The quantitative estimate of drug-likeness (QED) is 0.935. The van der Waals surface area contributed by atoms with Gasteiger partial charge in [-0.05, 0) is 69.0 Å². The molecule has 0 amide bonds. The standard InChI is InChI=1S/C14H20N4S2/c1-9-6-11(8-16-14(3,4)5)7-15-12(9)19-13-17-10(2)18-20-13/h6-7,16H,8H2,1-5H3. The van der Waals surface area contributed by atoms with Crippen molar-refractivity contribution in [1.29, 1.82) is 0 Å². The molecule has 0 aliphatic carbocycles. The number of pyridine rings is 1. The van der Waals surface area contributed by atoms with Gasteiger partial charge in [-0.2, -0.15) is 4.37 Å². The fourth-order valence-electron chi connectivity index (χ4n) is 1.59. The lowest BCUT2D eigenvalue weighted by Crippen LogP contribution is -2.35. The first-order valence-corrected chi connectivity index (χ1v) is 8.11. The van der Waals surface area contributed by atoms with Gasteiger partial charge in [-0.15, -0.1) is 0 Å². The third kappa shape index (κ3) is 4.54. The van der Waals surface area contributed by atoms with Crippen LogP contribution in [0.4, 0.5) is 0 Å². The van der Waals surface area contributed by atoms with Gasteiger partial charge in [0.15, 0.2) is 4.34 Å². The van der Waals surface area contributed by atoms with Crippen LogP contribution >= 0.6 is 23.3 Å². The van der Waals surface area contributed by atoms with Crippen LogP contribution in [0.2, 0.25) is 0 Å². The first-order valence-electron chi connectivity index (χ1n) is 6.52. The Balaban J connectivity index is 2.06. The molecule has 0 aliphatic rings. The van der Waals surface area contributed by atoms with Crippen LogP contribution < -0.4 is 5.32 Å². The van der Waals surface area contributed by atoms with Crippen LogP contribution in [-0.4, -0.2) is 19.9 Å². The largest absolute Gasteiger partial charge is 0.308 e. The highest BCUT2D eigenvalue weighted by Crippen LogP contribution is 2.29. The molecule has 0 spiro atoms. The van der Waals surface area contributed by atoms with Crippen molar-refractivity contribution < 1.29 is 0 Å². The molecule has 0 bridgehead atoms. The molecule has 0 atom stereocenters. The molecule has 6 heteroatoms. The summed E-state index contributed by atoms with van der Waals surface area (Å²) < 4.78 is 5.13. The average molecular weight is 308 g/mol. The first-order chi connectivity index (χ1) is 9.33. The monoisotopic (exact) mass is 308 g/mol. The van der Waals surface area contributed by atoms with Gasteiger partial charge in [-0.1, -0.05) is 6.07 Å². The molecule has 0 fully saturated rings. The predicted octanol–water partition coefficient (Wildman–Crippen LogP) is 3.59. The second-order valence-corrected chi connectivity index (χ2v) is 7.77. The SMILES string of the molecule is Cc1nsc(Sc2ncc(CNC(C)(C)C)cc2C)n1. The van der Waals surface area contributed by atoms with Gasteiger partial charge in [0.1, 0.15) is 10.9 Å². The van der Waals surface area contributed by atoms with E-state index in [-0.39, 0.29) is 5.54 Å². The van der Waals surface area contributed by atoms with Gasteiger partial charge in [-0.3, -0.25) is 0 Å². The molecule has 0 radical (unpaired) electrons. The number of hydrogen-bond donors (Lipinski definition) is 1. The zero-order valence-electron chi connectivity index (χ0n) is 12.5. The summed E-state index contributed by atoms with van der Waals surface area (Å²) in [7, 11) is 0. The maximum atomic E-state index is 4.55. The van der Waals surface area contributed by atoms with E-state index in [1.807, 2.05) is 13.1 Å². The van der Waals surface area contributed by atoms with Gasteiger partial charge in [0.25, 0.3) is 0 Å². The summed E-state index contributed by atoms with van der Waals surface area (Å²) >= 11 is 3.00. The highest BCUT2D eigenvalue weighted by molar-refractivity contribution is 8.00. The van der Waals surface area contributed by atoms with Gasteiger partial charge in [-0.25, -0.2) is 9.97 Å². The van der Waals surface area contributed by atoms with E-state index in [9.17, 15) is 0 Å². The number of aromatic nitrogens is 3. The molecular weight excluding hydrogens is 288 g/mol. The minimum atomic E-state index is 0.116. The molecule has 2 aromatic rings. The molecule has 2 heterocycles. The Bertz CT molecular complexity index is 587. The lowest BCUT2D eigenvalue weighted by Gasteiger charge is -2.20. The molecule has 0 aliphatic heterocycles.